The molecule has 1 aromatic heterocycles. The Morgan fingerprint density at radius 3 is 2.39 bits per heavy atom. The summed E-state index contributed by atoms with van der Waals surface area (Å²) in [4.78, 5) is 42.1. The number of amides is 1. The summed E-state index contributed by atoms with van der Waals surface area (Å²) in [6, 6.07) is 20.9. The zero-order valence-corrected chi connectivity index (χ0v) is 20.5. The summed E-state index contributed by atoms with van der Waals surface area (Å²) >= 11 is 0. The quantitative estimate of drug-likeness (QED) is 0.313. The lowest BCUT2D eigenvalue weighted by Gasteiger charge is -2.24. The molecule has 0 saturated carbocycles. The number of nitro groups is 1. The first-order chi connectivity index (χ1) is 18.4. The van der Waals surface area contributed by atoms with E-state index in [0.717, 1.165) is 0 Å². The van der Waals surface area contributed by atoms with E-state index in [1.807, 2.05) is 18.2 Å². The lowest BCUT2D eigenvalue weighted by Crippen LogP contribution is -2.40. The molecule has 3 aromatic carbocycles. The van der Waals surface area contributed by atoms with Crippen molar-refractivity contribution in [3.05, 3.63) is 133 Å². The van der Waals surface area contributed by atoms with E-state index < -0.39 is 22.4 Å². The lowest BCUT2D eigenvalue weighted by molar-refractivity contribution is -0.384. The average molecular weight is 511 g/mol. The summed E-state index contributed by atoms with van der Waals surface area (Å²) < 4.78 is 12.4. The van der Waals surface area contributed by atoms with E-state index >= 15 is 0 Å². The van der Waals surface area contributed by atoms with Crippen LogP contribution in [-0.4, -0.2) is 22.5 Å². The van der Waals surface area contributed by atoms with Gasteiger partial charge in [0.2, 0.25) is 0 Å². The Bertz CT molecular complexity index is 1730. The number of aromatic nitrogens is 1. The number of hydrogen-bond acceptors (Lipinski definition) is 7. The number of oxazole rings is 1. The van der Waals surface area contributed by atoms with E-state index in [0.29, 0.717) is 28.3 Å². The lowest BCUT2D eigenvalue weighted by atomic mass is 9.95. The van der Waals surface area contributed by atoms with Gasteiger partial charge in [0.05, 0.1) is 29.3 Å². The highest BCUT2D eigenvalue weighted by Crippen LogP contribution is 2.31. The maximum absolute atomic E-state index is 13.6. The van der Waals surface area contributed by atoms with Crippen LogP contribution in [0, 0.1) is 10.1 Å². The van der Waals surface area contributed by atoms with Crippen molar-refractivity contribution < 1.29 is 18.9 Å². The predicted molar refractivity (Wildman–Crippen MR) is 139 cm³/mol. The first-order valence-corrected chi connectivity index (χ1v) is 11.6. The number of carbonyl (C=O) groups excluding carboxylic acids is 1. The number of carbonyl (C=O) groups is 1. The molecule has 0 radical (unpaired) electrons. The predicted octanol–water partition coefficient (Wildman–Crippen LogP) is 3.32. The van der Waals surface area contributed by atoms with Crippen molar-refractivity contribution >= 4 is 23.4 Å². The minimum atomic E-state index is -0.827. The molecule has 4 aromatic rings. The molecule has 5 rings (SSSR count). The smallest absolute Gasteiger partial charge is 0.306 e. The molecule has 2 heterocycles. The molecule has 1 aliphatic heterocycles. The number of ether oxygens (including phenoxy) is 1. The minimum Gasteiger partial charge on any atom is -0.497 e. The summed E-state index contributed by atoms with van der Waals surface area (Å²) in [5, 5.41) is 13.9. The number of rotatable bonds is 6. The molecule has 1 unspecified atom stereocenters. The number of allylic oxidation sites excluding steroid dienone is 1. The van der Waals surface area contributed by atoms with Crippen molar-refractivity contribution in [2.75, 3.05) is 12.4 Å². The van der Waals surface area contributed by atoms with Gasteiger partial charge in [0.15, 0.2) is 5.42 Å². The van der Waals surface area contributed by atoms with E-state index in [4.69, 9.17) is 9.15 Å². The van der Waals surface area contributed by atoms with Crippen molar-refractivity contribution in [2.24, 2.45) is 4.99 Å². The van der Waals surface area contributed by atoms with Crippen LogP contribution in [0.2, 0.25) is 0 Å². The van der Waals surface area contributed by atoms with Crippen molar-refractivity contribution in [1.29, 1.82) is 0 Å². The monoisotopic (exact) mass is 510 g/mol. The fourth-order valence-corrected chi connectivity index (χ4v) is 4.28. The summed E-state index contributed by atoms with van der Waals surface area (Å²) in [7, 11) is 1.55. The fourth-order valence-electron chi connectivity index (χ4n) is 4.28. The molecular formula is C28H22N4O6. The van der Waals surface area contributed by atoms with Crippen LogP contribution >= 0.6 is 0 Å². The van der Waals surface area contributed by atoms with E-state index in [2.05, 4.69) is 10.3 Å². The van der Waals surface area contributed by atoms with Gasteiger partial charge in [-0.3, -0.25) is 19.7 Å². The molecule has 0 aliphatic carbocycles. The topological polar surface area (TPSA) is 129 Å². The second-order valence-corrected chi connectivity index (χ2v) is 8.52. The van der Waals surface area contributed by atoms with Gasteiger partial charge in [0.1, 0.15) is 5.75 Å². The van der Waals surface area contributed by atoms with Crippen molar-refractivity contribution in [2.45, 2.75) is 13.0 Å². The normalized spacial score (nSPS) is 15.0. The van der Waals surface area contributed by atoms with Crippen molar-refractivity contribution in [3.63, 3.8) is 0 Å². The van der Waals surface area contributed by atoms with Gasteiger partial charge in [-0.05, 0) is 60.5 Å². The van der Waals surface area contributed by atoms with Crippen LogP contribution < -0.4 is 26.7 Å². The number of hydrogen-bond donors (Lipinski definition) is 1. The number of nitrogens with one attached hydrogen (secondary N) is 1. The van der Waals surface area contributed by atoms with Gasteiger partial charge >= 0.3 is 5.68 Å². The molecule has 38 heavy (non-hydrogen) atoms. The van der Waals surface area contributed by atoms with Gasteiger partial charge in [-0.25, -0.2) is 9.56 Å². The molecule has 0 spiro atoms. The average Bonchev–Trinajstić information content (AvgIpc) is 3.22. The van der Waals surface area contributed by atoms with Crippen molar-refractivity contribution in [3.8, 4) is 5.75 Å². The molecule has 190 valence electrons. The third-order valence-corrected chi connectivity index (χ3v) is 6.13. The molecular weight excluding hydrogens is 488 g/mol. The summed E-state index contributed by atoms with van der Waals surface area (Å²) in [6.45, 7) is 1.69. The zero-order chi connectivity index (χ0) is 26.8. The molecule has 10 nitrogen and oxygen atoms in total. The number of methoxy groups -OCH3 is 1. The van der Waals surface area contributed by atoms with Gasteiger partial charge in [0, 0.05) is 17.8 Å². The second kappa shape index (κ2) is 10.0. The van der Waals surface area contributed by atoms with Crippen LogP contribution in [0.15, 0.2) is 104 Å². The van der Waals surface area contributed by atoms with Crippen LogP contribution in [0.4, 0.5) is 11.4 Å². The number of benzene rings is 3. The zero-order valence-electron chi connectivity index (χ0n) is 20.5. The third-order valence-electron chi connectivity index (χ3n) is 6.13. The molecule has 1 amide bonds. The number of para-hydroxylation sites is 1. The Hall–Kier alpha value is -5.25. The third kappa shape index (κ3) is 4.62. The van der Waals surface area contributed by atoms with E-state index in [9.17, 15) is 19.7 Å². The second-order valence-electron chi connectivity index (χ2n) is 8.52. The first-order valence-electron chi connectivity index (χ1n) is 11.6. The van der Waals surface area contributed by atoms with E-state index in [1.165, 1.54) is 34.9 Å². The molecule has 1 N–H and O–H groups in total. The Kier molecular flexibility index (Phi) is 6.44. The SMILES string of the molecule is COc1ccc(C2C(C(=O)Nc3ccccc3)=C(C)N=c3o/c(=C\c4ccc([N+](=O)[O-])cc4)c(=O)n32)cc1. The van der Waals surface area contributed by atoms with E-state index in [-0.39, 0.29) is 22.4 Å². The van der Waals surface area contributed by atoms with Gasteiger partial charge in [-0.1, -0.05) is 30.3 Å². The van der Waals surface area contributed by atoms with Crippen LogP contribution in [0.25, 0.3) is 6.08 Å². The maximum atomic E-state index is 13.6. The Balaban J connectivity index is 1.64. The Morgan fingerprint density at radius 1 is 1.08 bits per heavy atom. The van der Waals surface area contributed by atoms with Crippen LogP contribution in [-0.2, 0) is 4.79 Å². The molecule has 1 aliphatic rings. The molecule has 10 heteroatoms. The summed E-state index contributed by atoms with van der Waals surface area (Å²) in [5.41, 5.74) is 1.93. The highest BCUT2D eigenvalue weighted by Gasteiger charge is 2.33. The number of non-ortho nitro benzene ring substituents is 1. The minimum absolute atomic E-state index is 0.0198. The summed E-state index contributed by atoms with van der Waals surface area (Å²) in [5.74, 6) is 0.218. The van der Waals surface area contributed by atoms with E-state index in [1.54, 1.807) is 50.4 Å². The van der Waals surface area contributed by atoms with Crippen LogP contribution in [0.1, 0.15) is 24.1 Å². The Morgan fingerprint density at radius 2 is 1.76 bits per heavy atom. The van der Waals surface area contributed by atoms with Crippen LogP contribution in [0.3, 0.4) is 0 Å². The maximum Gasteiger partial charge on any atom is 0.306 e. The molecule has 0 saturated heterocycles. The summed E-state index contributed by atoms with van der Waals surface area (Å²) in [6.07, 6.45) is 1.48. The van der Waals surface area contributed by atoms with Crippen molar-refractivity contribution in [1.82, 2.24) is 4.57 Å². The first kappa shape index (κ1) is 24.4. The number of nitrogens with zero attached hydrogens (tertiary/aromatic N) is 3. The number of anilines is 1. The Labute approximate surface area is 216 Å². The number of fused-ring (bicyclic) bond motifs is 1. The van der Waals surface area contributed by atoms with Gasteiger partial charge in [-0.15, -0.1) is 0 Å². The molecule has 0 fully saturated rings. The molecule has 1 atom stereocenters. The molecule has 0 bridgehead atoms. The van der Waals surface area contributed by atoms with Gasteiger partial charge < -0.3 is 14.5 Å². The highest BCUT2D eigenvalue weighted by molar-refractivity contribution is 6.05. The number of nitro benzene ring substituents is 1. The fraction of sp³-hybridized carbons (Fsp3) is 0.107. The largest absolute Gasteiger partial charge is 0.497 e. The standard InChI is InChI=1S/C28H22N4O6/c1-17-24(26(33)30-20-6-4-3-5-7-20)25(19-10-14-22(37-2)15-11-19)31-27(34)23(38-28(31)29-17)16-18-8-12-21(13-9-18)32(35)36/h3-16,25H,1-2H3,(H,30,33)/b23-16-. The van der Waals surface area contributed by atoms with Crippen LogP contribution in [0.5, 0.6) is 5.75 Å². The van der Waals surface area contributed by atoms with Gasteiger partial charge in [-0.2, -0.15) is 0 Å². The van der Waals surface area contributed by atoms with Gasteiger partial charge in [0.25, 0.3) is 17.2 Å². The highest BCUT2D eigenvalue weighted by atomic mass is 16.6.